The second-order valence-corrected chi connectivity index (χ2v) is 5.23. The molecule has 0 bridgehead atoms. The van der Waals surface area contributed by atoms with Gasteiger partial charge in [0.1, 0.15) is 0 Å². The Morgan fingerprint density at radius 2 is 1.94 bits per heavy atom. The average molecular weight is 232 g/mol. The first-order chi connectivity index (χ1) is 8.10. The summed E-state index contributed by atoms with van der Waals surface area (Å²) in [5.41, 5.74) is 1.34. The fraction of sp³-hybridized carbons (Fsp3) is 0.500. The van der Waals surface area contributed by atoms with Gasteiger partial charge in [0, 0.05) is 5.54 Å². The second kappa shape index (κ2) is 4.88. The predicted octanol–water partition coefficient (Wildman–Crippen LogP) is 1.44. The van der Waals surface area contributed by atoms with Gasteiger partial charge in [-0.3, -0.25) is 4.79 Å². The average Bonchev–Trinajstić information content (AvgIpc) is 2.97. The van der Waals surface area contributed by atoms with Gasteiger partial charge < -0.3 is 10.2 Å². The molecule has 1 aromatic rings. The number of carbonyl (C=O) groups is 1. The van der Waals surface area contributed by atoms with E-state index < -0.39 is 0 Å². The monoisotopic (exact) mass is 232 g/mol. The quantitative estimate of drug-likeness (QED) is 0.833. The number of nitrogens with zero attached hydrogens (tertiary/aromatic N) is 1. The highest BCUT2D eigenvalue weighted by Gasteiger charge is 2.43. The molecule has 3 heteroatoms. The Morgan fingerprint density at radius 3 is 2.47 bits per heavy atom. The lowest BCUT2D eigenvalue weighted by Gasteiger charge is -2.19. The van der Waals surface area contributed by atoms with Gasteiger partial charge >= 0.3 is 0 Å². The van der Waals surface area contributed by atoms with Gasteiger partial charge in [0.15, 0.2) is 0 Å². The Kier molecular flexibility index (Phi) is 3.48. The summed E-state index contributed by atoms with van der Waals surface area (Å²) < 4.78 is 0. The van der Waals surface area contributed by atoms with E-state index >= 15 is 0 Å². The van der Waals surface area contributed by atoms with Gasteiger partial charge in [-0.25, -0.2) is 0 Å². The largest absolute Gasteiger partial charge is 0.349 e. The van der Waals surface area contributed by atoms with Crippen LogP contribution in [0.1, 0.15) is 18.4 Å². The van der Waals surface area contributed by atoms with Crippen molar-refractivity contribution in [3.8, 4) is 0 Å². The highest BCUT2D eigenvalue weighted by molar-refractivity contribution is 5.79. The Morgan fingerprint density at radius 1 is 1.29 bits per heavy atom. The zero-order valence-corrected chi connectivity index (χ0v) is 10.6. The SMILES string of the molecule is CN(C)CC(=O)NC1(Cc2ccccc2)CC1. The lowest BCUT2D eigenvalue weighted by atomic mass is 10.0. The molecule has 0 aromatic heterocycles. The first kappa shape index (κ1) is 12.1. The van der Waals surface area contributed by atoms with Crippen molar-refractivity contribution >= 4 is 5.91 Å². The molecule has 1 aliphatic rings. The molecule has 0 spiro atoms. The van der Waals surface area contributed by atoms with Crippen molar-refractivity contribution in [3.63, 3.8) is 0 Å². The normalized spacial score (nSPS) is 16.9. The minimum Gasteiger partial charge on any atom is -0.349 e. The molecule has 0 aliphatic heterocycles. The number of likely N-dealkylation sites (N-methyl/N-ethyl adjacent to an activating group) is 1. The lowest BCUT2D eigenvalue weighted by Crippen LogP contribution is -2.42. The second-order valence-electron chi connectivity index (χ2n) is 5.23. The number of nitrogens with one attached hydrogen (secondary N) is 1. The minimum absolute atomic E-state index is 0.0362. The summed E-state index contributed by atoms with van der Waals surface area (Å²) in [6, 6.07) is 10.4. The molecule has 1 saturated carbocycles. The van der Waals surface area contributed by atoms with E-state index in [0.29, 0.717) is 6.54 Å². The van der Waals surface area contributed by atoms with Crippen LogP contribution in [0.4, 0.5) is 0 Å². The van der Waals surface area contributed by atoms with Crippen LogP contribution in [0.5, 0.6) is 0 Å². The molecule has 3 nitrogen and oxygen atoms in total. The molecule has 0 saturated heterocycles. The summed E-state index contributed by atoms with van der Waals surface area (Å²) >= 11 is 0. The molecule has 2 rings (SSSR count). The molecule has 1 aromatic carbocycles. The Balaban J connectivity index is 1.90. The highest BCUT2D eigenvalue weighted by atomic mass is 16.2. The first-order valence-corrected chi connectivity index (χ1v) is 6.09. The zero-order valence-electron chi connectivity index (χ0n) is 10.6. The predicted molar refractivity (Wildman–Crippen MR) is 68.8 cm³/mol. The number of carbonyl (C=O) groups excluding carboxylic acids is 1. The molecule has 1 amide bonds. The molecule has 0 radical (unpaired) electrons. The van der Waals surface area contributed by atoms with Crippen LogP contribution in [-0.2, 0) is 11.2 Å². The van der Waals surface area contributed by atoms with Gasteiger partial charge in [-0.2, -0.15) is 0 Å². The summed E-state index contributed by atoms with van der Waals surface area (Å²) in [4.78, 5) is 13.6. The van der Waals surface area contributed by atoms with Gasteiger partial charge in [-0.15, -0.1) is 0 Å². The summed E-state index contributed by atoms with van der Waals surface area (Å²) in [7, 11) is 3.83. The molecule has 0 atom stereocenters. The summed E-state index contributed by atoms with van der Waals surface area (Å²) in [5.74, 6) is 0.128. The number of hydrogen-bond acceptors (Lipinski definition) is 2. The number of rotatable bonds is 5. The molecule has 1 N–H and O–H groups in total. The third-order valence-electron chi connectivity index (χ3n) is 3.10. The van der Waals surface area contributed by atoms with Crippen LogP contribution in [-0.4, -0.2) is 37.0 Å². The Labute approximate surface area is 103 Å². The number of amides is 1. The third kappa shape index (κ3) is 3.56. The maximum Gasteiger partial charge on any atom is 0.234 e. The van der Waals surface area contributed by atoms with Gasteiger partial charge in [0.2, 0.25) is 5.91 Å². The van der Waals surface area contributed by atoms with Crippen molar-refractivity contribution in [1.29, 1.82) is 0 Å². The van der Waals surface area contributed by atoms with Gasteiger partial charge in [0.05, 0.1) is 6.54 Å². The van der Waals surface area contributed by atoms with E-state index in [1.165, 1.54) is 5.56 Å². The topological polar surface area (TPSA) is 32.3 Å². The van der Waals surface area contributed by atoms with Crippen molar-refractivity contribution in [2.45, 2.75) is 24.8 Å². The molecule has 0 heterocycles. The van der Waals surface area contributed by atoms with Crippen molar-refractivity contribution in [2.24, 2.45) is 0 Å². The van der Waals surface area contributed by atoms with E-state index in [-0.39, 0.29) is 11.4 Å². The highest BCUT2D eigenvalue weighted by Crippen LogP contribution is 2.38. The fourth-order valence-electron chi connectivity index (χ4n) is 2.11. The maximum absolute atomic E-state index is 11.7. The standard InChI is InChI=1S/C14H20N2O/c1-16(2)11-13(17)15-14(8-9-14)10-12-6-4-3-5-7-12/h3-7H,8-11H2,1-2H3,(H,15,17). The maximum atomic E-state index is 11.7. The lowest BCUT2D eigenvalue weighted by molar-refractivity contribution is -0.122. The van der Waals surface area contributed by atoms with Gasteiger partial charge in [-0.05, 0) is 38.9 Å². The minimum atomic E-state index is 0.0362. The van der Waals surface area contributed by atoms with Gasteiger partial charge in [0.25, 0.3) is 0 Å². The first-order valence-electron chi connectivity index (χ1n) is 6.09. The van der Waals surface area contributed by atoms with E-state index in [2.05, 4.69) is 17.4 Å². The van der Waals surface area contributed by atoms with Crippen LogP contribution in [0.3, 0.4) is 0 Å². The van der Waals surface area contributed by atoms with E-state index in [4.69, 9.17) is 0 Å². The van der Waals surface area contributed by atoms with Crippen molar-refractivity contribution < 1.29 is 4.79 Å². The summed E-state index contributed by atoms with van der Waals surface area (Å²) in [6.45, 7) is 0.469. The van der Waals surface area contributed by atoms with E-state index in [1.807, 2.05) is 37.2 Å². The van der Waals surface area contributed by atoms with E-state index in [0.717, 1.165) is 19.3 Å². The Hall–Kier alpha value is -1.35. The molecule has 1 fully saturated rings. The molecule has 0 unspecified atom stereocenters. The Bertz CT molecular complexity index is 382. The van der Waals surface area contributed by atoms with E-state index in [9.17, 15) is 4.79 Å². The molecule has 92 valence electrons. The van der Waals surface area contributed by atoms with Gasteiger partial charge in [-0.1, -0.05) is 30.3 Å². The summed E-state index contributed by atoms with van der Waals surface area (Å²) in [6.07, 6.45) is 3.15. The smallest absolute Gasteiger partial charge is 0.234 e. The molecular weight excluding hydrogens is 212 g/mol. The van der Waals surface area contributed by atoms with Crippen molar-refractivity contribution in [2.75, 3.05) is 20.6 Å². The zero-order chi connectivity index (χ0) is 12.3. The van der Waals surface area contributed by atoms with Crippen LogP contribution in [0.2, 0.25) is 0 Å². The number of hydrogen-bond donors (Lipinski definition) is 1. The van der Waals surface area contributed by atoms with Crippen LogP contribution in [0.15, 0.2) is 30.3 Å². The molecular formula is C14H20N2O. The molecule has 1 aliphatic carbocycles. The third-order valence-corrected chi connectivity index (χ3v) is 3.10. The van der Waals surface area contributed by atoms with Crippen LogP contribution < -0.4 is 5.32 Å². The fourth-order valence-corrected chi connectivity index (χ4v) is 2.11. The van der Waals surface area contributed by atoms with Crippen LogP contribution in [0.25, 0.3) is 0 Å². The van der Waals surface area contributed by atoms with Crippen LogP contribution in [0, 0.1) is 0 Å². The van der Waals surface area contributed by atoms with Crippen molar-refractivity contribution in [1.82, 2.24) is 10.2 Å². The molecule has 17 heavy (non-hydrogen) atoms. The summed E-state index contributed by atoms with van der Waals surface area (Å²) in [5, 5.41) is 3.17. The van der Waals surface area contributed by atoms with Crippen molar-refractivity contribution in [3.05, 3.63) is 35.9 Å². The van der Waals surface area contributed by atoms with E-state index in [1.54, 1.807) is 0 Å². The number of benzene rings is 1. The van der Waals surface area contributed by atoms with Crippen LogP contribution >= 0.6 is 0 Å².